The van der Waals surface area contributed by atoms with E-state index in [2.05, 4.69) is 11.1 Å². The van der Waals surface area contributed by atoms with Crippen molar-refractivity contribution in [2.75, 3.05) is 18.9 Å². The molecule has 2 N–H and O–H groups in total. The molecule has 0 spiro atoms. The number of nitrogens with zero attached hydrogens (tertiary/aromatic N) is 3. The lowest BCUT2D eigenvalue weighted by molar-refractivity contribution is -0.141. The quantitative estimate of drug-likeness (QED) is 0.880. The van der Waals surface area contributed by atoms with E-state index in [0.717, 1.165) is 40.1 Å². The monoisotopic (exact) mass is 368 g/mol. The van der Waals surface area contributed by atoms with Gasteiger partial charge in [0.25, 0.3) is 5.91 Å². The average Bonchev–Trinajstić information content (AvgIpc) is 3.31. The molecule has 1 fully saturated rings. The van der Waals surface area contributed by atoms with Crippen molar-refractivity contribution in [2.24, 2.45) is 0 Å². The van der Waals surface area contributed by atoms with Crippen LogP contribution < -0.4 is 5.73 Å². The SMILES string of the molecule is Cc1ccsc1-c1c(C#N)c(N)nc2c1CN(C(=O)[C@@H]1CCCO1)CC2. The Morgan fingerprint density at radius 3 is 3.04 bits per heavy atom. The normalized spacial score (nSPS) is 19.2. The number of anilines is 1. The molecule has 2 aromatic rings. The zero-order valence-corrected chi connectivity index (χ0v) is 15.4. The van der Waals surface area contributed by atoms with Gasteiger partial charge in [0.05, 0.1) is 5.69 Å². The van der Waals surface area contributed by atoms with Crippen molar-refractivity contribution in [3.05, 3.63) is 33.8 Å². The molecule has 134 valence electrons. The standard InChI is InChI=1S/C19H20N4O2S/c1-11-5-8-26-17(11)16-12(9-20)18(21)22-14-4-6-23(10-13(14)16)19(24)15-3-2-7-25-15/h5,8,15H,2-4,6-7,10H2,1H3,(H2,21,22)/t15-/m0/s1. The Balaban J connectivity index is 1.79. The first kappa shape index (κ1) is 17.0. The molecule has 26 heavy (non-hydrogen) atoms. The van der Waals surface area contributed by atoms with Crippen molar-refractivity contribution in [1.82, 2.24) is 9.88 Å². The second kappa shape index (κ2) is 6.71. The third-order valence-corrected chi connectivity index (χ3v) is 6.13. The molecule has 0 saturated carbocycles. The number of fused-ring (bicyclic) bond motifs is 1. The summed E-state index contributed by atoms with van der Waals surface area (Å²) in [5.41, 5.74) is 10.3. The summed E-state index contributed by atoms with van der Waals surface area (Å²) in [5.74, 6) is 0.310. The van der Waals surface area contributed by atoms with E-state index in [9.17, 15) is 10.1 Å². The predicted octanol–water partition coefficient (Wildman–Crippen LogP) is 2.64. The number of rotatable bonds is 2. The highest BCUT2D eigenvalue weighted by molar-refractivity contribution is 7.13. The van der Waals surface area contributed by atoms with Crippen LogP contribution in [0, 0.1) is 18.3 Å². The molecular formula is C19H20N4O2S. The molecule has 1 amide bonds. The number of nitrogens with two attached hydrogens (primary N) is 1. The number of ether oxygens (including phenoxy) is 1. The first-order valence-electron chi connectivity index (χ1n) is 8.76. The highest BCUT2D eigenvalue weighted by Gasteiger charge is 2.33. The minimum atomic E-state index is -0.333. The summed E-state index contributed by atoms with van der Waals surface area (Å²) < 4.78 is 5.56. The Morgan fingerprint density at radius 2 is 2.38 bits per heavy atom. The van der Waals surface area contributed by atoms with Crippen LogP contribution in [0.2, 0.25) is 0 Å². The van der Waals surface area contributed by atoms with Crippen molar-refractivity contribution in [3.63, 3.8) is 0 Å². The van der Waals surface area contributed by atoms with E-state index in [1.807, 2.05) is 23.3 Å². The average molecular weight is 368 g/mol. The molecule has 2 aliphatic heterocycles. The maximum absolute atomic E-state index is 12.8. The summed E-state index contributed by atoms with van der Waals surface area (Å²) in [4.78, 5) is 20.1. The summed E-state index contributed by atoms with van der Waals surface area (Å²) >= 11 is 1.59. The molecule has 2 aliphatic rings. The van der Waals surface area contributed by atoms with E-state index in [1.54, 1.807) is 11.3 Å². The fraction of sp³-hybridized carbons (Fsp3) is 0.421. The minimum absolute atomic E-state index is 0.0392. The number of hydrogen-bond acceptors (Lipinski definition) is 6. The molecule has 2 aromatic heterocycles. The van der Waals surface area contributed by atoms with Crippen LogP contribution in [-0.4, -0.2) is 35.0 Å². The second-order valence-corrected chi connectivity index (χ2v) is 7.64. The molecule has 0 aromatic carbocycles. The third kappa shape index (κ3) is 2.75. The molecule has 4 heterocycles. The lowest BCUT2D eigenvalue weighted by Crippen LogP contribution is -2.42. The lowest BCUT2D eigenvalue weighted by atomic mass is 9.93. The molecule has 4 rings (SSSR count). The van der Waals surface area contributed by atoms with Gasteiger partial charge in [0.1, 0.15) is 23.6 Å². The van der Waals surface area contributed by atoms with Gasteiger partial charge >= 0.3 is 0 Å². The summed E-state index contributed by atoms with van der Waals surface area (Å²) in [5, 5.41) is 11.7. The summed E-state index contributed by atoms with van der Waals surface area (Å²) in [6.45, 7) is 3.72. The van der Waals surface area contributed by atoms with Crippen molar-refractivity contribution >= 4 is 23.1 Å². The summed E-state index contributed by atoms with van der Waals surface area (Å²) in [6, 6.07) is 4.25. The van der Waals surface area contributed by atoms with Crippen LogP contribution in [-0.2, 0) is 22.5 Å². The van der Waals surface area contributed by atoms with Crippen LogP contribution in [0.25, 0.3) is 10.4 Å². The van der Waals surface area contributed by atoms with Gasteiger partial charge in [-0.25, -0.2) is 4.98 Å². The number of nitriles is 1. The van der Waals surface area contributed by atoms with Crippen molar-refractivity contribution in [2.45, 2.75) is 38.8 Å². The Labute approximate surface area is 156 Å². The van der Waals surface area contributed by atoms with Gasteiger partial charge in [0.15, 0.2) is 0 Å². The smallest absolute Gasteiger partial charge is 0.252 e. The number of thiophene rings is 1. The van der Waals surface area contributed by atoms with Gasteiger partial charge in [0.2, 0.25) is 0 Å². The molecule has 0 bridgehead atoms. The Morgan fingerprint density at radius 1 is 1.54 bits per heavy atom. The van der Waals surface area contributed by atoms with Crippen LogP contribution in [0.4, 0.5) is 5.82 Å². The molecule has 7 heteroatoms. The van der Waals surface area contributed by atoms with E-state index in [0.29, 0.717) is 31.7 Å². The molecule has 6 nitrogen and oxygen atoms in total. The minimum Gasteiger partial charge on any atom is -0.383 e. The number of aromatic nitrogens is 1. The number of aryl methyl sites for hydroxylation is 1. The third-order valence-electron chi connectivity index (χ3n) is 5.10. The summed E-state index contributed by atoms with van der Waals surface area (Å²) in [6.07, 6.45) is 2.02. The number of amides is 1. The zero-order valence-electron chi connectivity index (χ0n) is 14.6. The van der Waals surface area contributed by atoms with E-state index in [1.165, 1.54) is 0 Å². The van der Waals surface area contributed by atoms with Gasteiger partial charge in [-0.3, -0.25) is 4.79 Å². The molecule has 0 aliphatic carbocycles. The highest BCUT2D eigenvalue weighted by atomic mass is 32.1. The topological polar surface area (TPSA) is 92.2 Å². The van der Waals surface area contributed by atoms with Crippen LogP contribution in [0.5, 0.6) is 0 Å². The van der Waals surface area contributed by atoms with Gasteiger partial charge in [-0.05, 0) is 36.8 Å². The molecular weight excluding hydrogens is 348 g/mol. The predicted molar refractivity (Wildman–Crippen MR) is 99.5 cm³/mol. The van der Waals surface area contributed by atoms with Crippen LogP contribution >= 0.6 is 11.3 Å². The zero-order chi connectivity index (χ0) is 18.3. The van der Waals surface area contributed by atoms with Crippen molar-refractivity contribution in [1.29, 1.82) is 5.26 Å². The van der Waals surface area contributed by atoms with Crippen LogP contribution in [0.3, 0.4) is 0 Å². The van der Waals surface area contributed by atoms with E-state index in [4.69, 9.17) is 10.5 Å². The Bertz CT molecular complexity index is 909. The van der Waals surface area contributed by atoms with Crippen molar-refractivity contribution in [3.8, 4) is 16.5 Å². The van der Waals surface area contributed by atoms with E-state index >= 15 is 0 Å². The van der Waals surface area contributed by atoms with E-state index in [-0.39, 0.29) is 17.8 Å². The van der Waals surface area contributed by atoms with Crippen molar-refractivity contribution < 1.29 is 9.53 Å². The first-order valence-corrected chi connectivity index (χ1v) is 9.64. The number of hydrogen-bond donors (Lipinski definition) is 1. The summed E-state index contributed by atoms with van der Waals surface area (Å²) in [7, 11) is 0. The maximum atomic E-state index is 12.8. The number of carbonyl (C=O) groups excluding carboxylic acids is 1. The Kier molecular flexibility index (Phi) is 4.39. The second-order valence-electron chi connectivity index (χ2n) is 6.73. The van der Waals surface area contributed by atoms with E-state index < -0.39 is 0 Å². The van der Waals surface area contributed by atoms with Crippen LogP contribution in [0.1, 0.15) is 35.2 Å². The maximum Gasteiger partial charge on any atom is 0.252 e. The Hall–Kier alpha value is -2.43. The van der Waals surface area contributed by atoms with Gasteiger partial charge < -0.3 is 15.4 Å². The fourth-order valence-electron chi connectivity index (χ4n) is 3.74. The van der Waals surface area contributed by atoms with Gasteiger partial charge in [-0.2, -0.15) is 5.26 Å². The number of nitrogen functional groups attached to an aromatic ring is 1. The largest absolute Gasteiger partial charge is 0.383 e. The molecule has 0 unspecified atom stereocenters. The van der Waals surface area contributed by atoms with Gasteiger partial charge in [0, 0.05) is 42.1 Å². The molecule has 0 radical (unpaired) electrons. The molecule has 1 atom stereocenters. The van der Waals surface area contributed by atoms with Gasteiger partial charge in [-0.1, -0.05) is 0 Å². The first-order chi connectivity index (χ1) is 12.6. The molecule has 1 saturated heterocycles. The highest BCUT2D eigenvalue weighted by Crippen LogP contribution is 2.39. The fourth-order valence-corrected chi connectivity index (χ4v) is 4.74. The van der Waals surface area contributed by atoms with Crippen LogP contribution in [0.15, 0.2) is 11.4 Å². The van der Waals surface area contributed by atoms with Gasteiger partial charge in [-0.15, -0.1) is 11.3 Å². The number of pyridine rings is 1. The number of carbonyl (C=O) groups is 1. The lowest BCUT2D eigenvalue weighted by Gasteiger charge is -2.32.